The summed E-state index contributed by atoms with van der Waals surface area (Å²) >= 11 is 3.58. The van der Waals surface area contributed by atoms with Crippen LogP contribution in [0, 0.1) is 0 Å². The summed E-state index contributed by atoms with van der Waals surface area (Å²) in [6.07, 6.45) is 6.44. The minimum absolute atomic E-state index is 0.209. The molecule has 0 unspecified atom stereocenters. The molecular weight excluding hydrogens is 304 g/mol. The highest BCUT2D eigenvalue weighted by atomic mass is 79.9. The van der Waals surface area contributed by atoms with Gasteiger partial charge < -0.3 is 10.8 Å². The Labute approximate surface area is 123 Å². The highest BCUT2D eigenvalue weighted by molar-refractivity contribution is 9.10. The molecule has 1 fully saturated rings. The highest BCUT2D eigenvalue weighted by Gasteiger charge is 2.22. The maximum atomic E-state index is 9.30. The average molecular weight is 327 g/mol. The minimum Gasteiger partial charge on any atom is -0.398 e. The van der Waals surface area contributed by atoms with Crippen LogP contribution in [0.25, 0.3) is 0 Å². The van der Waals surface area contributed by atoms with Crippen molar-refractivity contribution in [3.05, 3.63) is 28.2 Å². The van der Waals surface area contributed by atoms with Gasteiger partial charge in [-0.1, -0.05) is 41.3 Å². The van der Waals surface area contributed by atoms with Crippen LogP contribution in [-0.2, 0) is 6.54 Å². The third kappa shape index (κ3) is 3.94. The molecular formula is C15H23BrN2O. The van der Waals surface area contributed by atoms with Gasteiger partial charge in [0.15, 0.2) is 0 Å². The third-order valence-corrected chi connectivity index (χ3v) is 4.74. The van der Waals surface area contributed by atoms with E-state index in [-0.39, 0.29) is 6.61 Å². The van der Waals surface area contributed by atoms with E-state index in [1.807, 2.05) is 18.2 Å². The summed E-state index contributed by atoms with van der Waals surface area (Å²) in [6.45, 7) is 1.75. The fourth-order valence-corrected chi connectivity index (χ4v) is 3.42. The first-order chi connectivity index (χ1) is 9.22. The Morgan fingerprint density at radius 2 is 2.00 bits per heavy atom. The van der Waals surface area contributed by atoms with Crippen LogP contribution in [0.1, 0.15) is 37.7 Å². The molecule has 0 spiro atoms. The largest absolute Gasteiger partial charge is 0.398 e. The van der Waals surface area contributed by atoms with Crippen LogP contribution in [0.2, 0.25) is 0 Å². The molecule has 0 saturated heterocycles. The van der Waals surface area contributed by atoms with E-state index >= 15 is 0 Å². The van der Waals surface area contributed by atoms with E-state index in [1.54, 1.807) is 0 Å². The first-order valence-electron chi connectivity index (χ1n) is 7.10. The molecule has 0 amide bonds. The van der Waals surface area contributed by atoms with Crippen LogP contribution < -0.4 is 5.73 Å². The van der Waals surface area contributed by atoms with E-state index in [4.69, 9.17) is 5.73 Å². The predicted octanol–water partition coefficient (Wildman–Crippen LogP) is 3.16. The number of nitrogens with zero attached hydrogens (tertiary/aromatic N) is 1. The summed E-state index contributed by atoms with van der Waals surface area (Å²) in [5, 5.41) is 9.30. The molecule has 19 heavy (non-hydrogen) atoms. The monoisotopic (exact) mass is 326 g/mol. The Kier molecular flexibility index (Phi) is 5.67. The fourth-order valence-electron chi connectivity index (χ4n) is 2.91. The second kappa shape index (κ2) is 7.27. The predicted molar refractivity (Wildman–Crippen MR) is 82.9 cm³/mol. The number of hydrogen-bond acceptors (Lipinski definition) is 3. The summed E-state index contributed by atoms with van der Waals surface area (Å²) in [7, 11) is 0. The van der Waals surface area contributed by atoms with Gasteiger partial charge in [-0.2, -0.15) is 0 Å². The smallest absolute Gasteiger partial charge is 0.0558 e. The Bertz CT molecular complexity index is 385. The molecule has 0 aliphatic heterocycles. The van der Waals surface area contributed by atoms with Crippen LogP contribution in [0.15, 0.2) is 22.7 Å². The molecule has 3 N–H and O–H groups in total. The number of anilines is 1. The van der Waals surface area contributed by atoms with Gasteiger partial charge in [-0.05, 0) is 25.0 Å². The average Bonchev–Trinajstić information content (AvgIpc) is 2.43. The van der Waals surface area contributed by atoms with Gasteiger partial charge in [-0.25, -0.2) is 0 Å². The van der Waals surface area contributed by atoms with Crippen molar-refractivity contribution in [2.75, 3.05) is 18.9 Å². The normalized spacial score (nSPS) is 17.0. The summed E-state index contributed by atoms with van der Waals surface area (Å²) in [5.74, 6) is 0. The molecule has 106 valence electrons. The summed E-state index contributed by atoms with van der Waals surface area (Å²) in [6, 6.07) is 6.52. The van der Waals surface area contributed by atoms with Crippen molar-refractivity contribution >= 4 is 21.6 Å². The summed E-state index contributed by atoms with van der Waals surface area (Å²) < 4.78 is 1.06. The number of rotatable bonds is 5. The zero-order valence-electron chi connectivity index (χ0n) is 11.3. The Morgan fingerprint density at radius 3 is 2.63 bits per heavy atom. The van der Waals surface area contributed by atoms with Gasteiger partial charge in [0.1, 0.15) is 0 Å². The lowest BCUT2D eigenvalue weighted by Gasteiger charge is -2.34. The van der Waals surface area contributed by atoms with Gasteiger partial charge in [0.2, 0.25) is 0 Å². The number of nitrogen functional groups attached to an aromatic ring is 1. The first-order valence-corrected chi connectivity index (χ1v) is 7.89. The molecule has 3 nitrogen and oxygen atoms in total. The van der Waals surface area contributed by atoms with Crippen LogP contribution in [0.4, 0.5) is 5.69 Å². The van der Waals surface area contributed by atoms with Gasteiger partial charge in [0, 0.05) is 34.9 Å². The van der Waals surface area contributed by atoms with Crippen LogP contribution in [0.5, 0.6) is 0 Å². The lowest BCUT2D eigenvalue weighted by molar-refractivity contribution is 0.117. The van der Waals surface area contributed by atoms with Gasteiger partial charge in [-0.15, -0.1) is 0 Å². The molecule has 1 saturated carbocycles. The lowest BCUT2D eigenvalue weighted by Crippen LogP contribution is -2.38. The molecule has 0 bridgehead atoms. The molecule has 1 aromatic carbocycles. The number of aliphatic hydroxyl groups is 1. The van der Waals surface area contributed by atoms with Crippen LogP contribution >= 0.6 is 15.9 Å². The van der Waals surface area contributed by atoms with Crippen molar-refractivity contribution in [3.8, 4) is 0 Å². The van der Waals surface area contributed by atoms with Crippen molar-refractivity contribution in [1.82, 2.24) is 4.90 Å². The minimum atomic E-state index is 0.209. The first kappa shape index (κ1) is 14.8. The molecule has 0 radical (unpaired) electrons. The number of hydrogen-bond donors (Lipinski definition) is 2. The van der Waals surface area contributed by atoms with Crippen LogP contribution in [0.3, 0.4) is 0 Å². The molecule has 1 aliphatic rings. The van der Waals surface area contributed by atoms with Gasteiger partial charge >= 0.3 is 0 Å². The van der Waals surface area contributed by atoms with E-state index in [2.05, 4.69) is 20.8 Å². The maximum Gasteiger partial charge on any atom is 0.0558 e. The SMILES string of the molecule is Nc1cccc(Br)c1CN(CCO)C1CCCCC1. The maximum absolute atomic E-state index is 9.30. The number of nitrogens with two attached hydrogens (primary N) is 1. The van der Waals surface area contributed by atoms with E-state index in [1.165, 1.54) is 32.1 Å². The molecule has 0 aromatic heterocycles. The van der Waals surface area contributed by atoms with Gasteiger partial charge in [0.05, 0.1) is 6.61 Å². The molecule has 4 heteroatoms. The Hall–Kier alpha value is -0.580. The fraction of sp³-hybridized carbons (Fsp3) is 0.600. The van der Waals surface area contributed by atoms with Gasteiger partial charge in [-0.3, -0.25) is 4.90 Å². The second-order valence-electron chi connectivity index (χ2n) is 5.29. The van der Waals surface area contributed by atoms with E-state index < -0.39 is 0 Å². The summed E-state index contributed by atoms with van der Waals surface area (Å²) in [5.41, 5.74) is 8.04. The quantitative estimate of drug-likeness (QED) is 0.817. The molecule has 1 aliphatic carbocycles. The number of aliphatic hydroxyl groups excluding tert-OH is 1. The van der Waals surface area contributed by atoms with E-state index in [0.717, 1.165) is 28.8 Å². The third-order valence-electron chi connectivity index (χ3n) is 3.99. The van der Waals surface area contributed by atoms with Crippen LogP contribution in [-0.4, -0.2) is 29.2 Å². The zero-order valence-corrected chi connectivity index (χ0v) is 12.9. The van der Waals surface area contributed by atoms with Crippen molar-refractivity contribution in [3.63, 3.8) is 0 Å². The molecule has 1 aromatic rings. The molecule has 2 rings (SSSR count). The highest BCUT2D eigenvalue weighted by Crippen LogP contribution is 2.28. The lowest BCUT2D eigenvalue weighted by atomic mass is 9.93. The van der Waals surface area contributed by atoms with Gasteiger partial charge in [0.25, 0.3) is 0 Å². The second-order valence-corrected chi connectivity index (χ2v) is 6.15. The van der Waals surface area contributed by atoms with Crippen molar-refractivity contribution in [2.45, 2.75) is 44.7 Å². The van der Waals surface area contributed by atoms with Crippen molar-refractivity contribution in [2.24, 2.45) is 0 Å². The van der Waals surface area contributed by atoms with Crippen molar-refractivity contribution in [1.29, 1.82) is 0 Å². The summed E-state index contributed by atoms with van der Waals surface area (Å²) in [4.78, 5) is 2.38. The van der Waals surface area contributed by atoms with Crippen molar-refractivity contribution < 1.29 is 5.11 Å². The topological polar surface area (TPSA) is 49.5 Å². The Morgan fingerprint density at radius 1 is 1.26 bits per heavy atom. The Balaban J connectivity index is 2.11. The number of benzene rings is 1. The molecule has 0 heterocycles. The van der Waals surface area contributed by atoms with E-state index in [0.29, 0.717) is 6.04 Å². The standard InChI is InChI=1S/C15H23BrN2O/c16-14-7-4-8-15(17)13(14)11-18(9-10-19)12-5-2-1-3-6-12/h4,7-8,12,19H,1-3,5-6,9-11,17H2. The molecule has 0 atom stereocenters. The zero-order chi connectivity index (χ0) is 13.7. The van der Waals surface area contributed by atoms with E-state index in [9.17, 15) is 5.11 Å². The number of halogens is 1.